The molecular formula is C12H13F. The molecule has 1 aromatic carbocycles. The van der Waals surface area contributed by atoms with Gasteiger partial charge in [0.1, 0.15) is 5.82 Å². The first kappa shape index (κ1) is 9.80. The summed E-state index contributed by atoms with van der Waals surface area (Å²) in [6.07, 6.45) is 3.22. The Bertz CT molecular complexity index is 300. The summed E-state index contributed by atoms with van der Waals surface area (Å²) in [5.41, 5.74) is 0.887. The molecule has 68 valence electrons. The van der Waals surface area contributed by atoms with Crippen LogP contribution in [-0.2, 0) is 0 Å². The molecule has 0 radical (unpaired) electrons. The summed E-state index contributed by atoms with van der Waals surface area (Å²) in [5, 5.41) is 0. The molecule has 0 atom stereocenters. The van der Waals surface area contributed by atoms with Crippen molar-refractivity contribution in [1.29, 1.82) is 0 Å². The maximum Gasteiger partial charge on any atom is 0.123 e. The van der Waals surface area contributed by atoms with E-state index in [0.29, 0.717) is 0 Å². The van der Waals surface area contributed by atoms with E-state index in [2.05, 4.69) is 18.8 Å². The highest BCUT2D eigenvalue weighted by atomic mass is 19.1. The summed E-state index contributed by atoms with van der Waals surface area (Å²) >= 11 is 0. The Morgan fingerprint density at radius 1 is 1.23 bits per heavy atom. The maximum atomic E-state index is 12.5. The van der Waals surface area contributed by atoms with Gasteiger partial charge in [0.2, 0.25) is 0 Å². The Kier molecular flexibility index (Phi) is 4.05. The summed E-state index contributed by atoms with van der Waals surface area (Å²) in [6, 6.07) is 6.27. The van der Waals surface area contributed by atoms with Crippen LogP contribution in [0, 0.1) is 17.7 Å². The molecule has 0 heterocycles. The molecule has 0 saturated heterocycles. The van der Waals surface area contributed by atoms with Gasteiger partial charge in [-0.1, -0.05) is 25.2 Å². The van der Waals surface area contributed by atoms with Crippen molar-refractivity contribution in [3.8, 4) is 11.8 Å². The minimum absolute atomic E-state index is 0.209. The van der Waals surface area contributed by atoms with Gasteiger partial charge >= 0.3 is 0 Å². The van der Waals surface area contributed by atoms with Crippen LogP contribution in [0.3, 0.4) is 0 Å². The fourth-order valence-electron chi connectivity index (χ4n) is 0.963. The molecule has 1 heteroatoms. The molecule has 13 heavy (non-hydrogen) atoms. The van der Waals surface area contributed by atoms with Crippen LogP contribution in [0.5, 0.6) is 0 Å². The molecule has 0 amide bonds. The van der Waals surface area contributed by atoms with Crippen LogP contribution in [0.15, 0.2) is 24.3 Å². The molecule has 0 N–H and O–H groups in total. The molecule has 0 nitrogen and oxygen atoms in total. The smallest absolute Gasteiger partial charge is 0.123 e. The van der Waals surface area contributed by atoms with E-state index in [-0.39, 0.29) is 5.82 Å². The van der Waals surface area contributed by atoms with Crippen LogP contribution < -0.4 is 0 Å². The third-order valence-electron chi connectivity index (χ3n) is 1.73. The lowest BCUT2D eigenvalue weighted by atomic mass is 10.2. The largest absolute Gasteiger partial charge is 0.207 e. The highest BCUT2D eigenvalue weighted by Gasteiger charge is 1.87. The van der Waals surface area contributed by atoms with E-state index in [1.54, 1.807) is 12.1 Å². The number of hydrogen-bond acceptors (Lipinski definition) is 0. The van der Waals surface area contributed by atoms with E-state index in [9.17, 15) is 4.39 Å². The van der Waals surface area contributed by atoms with Crippen molar-refractivity contribution >= 4 is 0 Å². The first-order valence-corrected chi connectivity index (χ1v) is 4.57. The van der Waals surface area contributed by atoms with E-state index in [4.69, 9.17) is 0 Å². The molecule has 0 aliphatic heterocycles. The van der Waals surface area contributed by atoms with E-state index in [0.717, 1.165) is 24.8 Å². The lowest BCUT2D eigenvalue weighted by molar-refractivity contribution is 0.627. The normalized spacial score (nSPS) is 9.08. The average Bonchev–Trinajstić information content (AvgIpc) is 2.15. The van der Waals surface area contributed by atoms with Crippen LogP contribution in [0.4, 0.5) is 4.39 Å². The lowest BCUT2D eigenvalue weighted by Gasteiger charge is -1.89. The summed E-state index contributed by atoms with van der Waals surface area (Å²) in [4.78, 5) is 0. The maximum absolute atomic E-state index is 12.5. The van der Waals surface area contributed by atoms with E-state index < -0.39 is 0 Å². The van der Waals surface area contributed by atoms with E-state index >= 15 is 0 Å². The van der Waals surface area contributed by atoms with Crippen LogP contribution in [-0.4, -0.2) is 0 Å². The van der Waals surface area contributed by atoms with Gasteiger partial charge in [-0.15, -0.1) is 0 Å². The van der Waals surface area contributed by atoms with Crippen molar-refractivity contribution in [2.45, 2.75) is 26.2 Å². The molecule has 0 unspecified atom stereocenters. The number of rotatable bonds is 2. The zero-order valence-corrected chi connectivity index (χ0v) is 7.81. The predicted octanol–water partition coefficient (Wildman–Crippen LogP) is 3.37. The summed E-state index contributed by atoms with van der Waals surface area (Å²) < 4.78 is 12.5. The van der Waals surface area contributed by atoms with Crippen molar-refractivity contribution in [1.82, 2.24) is 0 Å². The Morgan fingerprint density at radius 2 is 1.92 bits per heavy atom. The minimum Gasteiger partial charge on any atom is -0.207 e. The summed E-state index contributed by atoms with van der Waals surface area (Å²) in [6.45, 7) is 2.14. The van der Waals surface area contributed by atoms with Gasteiger partial charge in [-0.2, -0.15) is 0 Å². The topological polar surface area (TPSA) is 0 Å². The monoisotopic (exact) mass is 176 g/mol. The molecule has 0 aliphatic carbocycles. The van der Waals surface area contributed by atoms with E-state index in [1.165, 1.54) is 12.1 Å². The van der Waals surface area contributed by atoms with Crippen LogP contribution >= 0.6 is 0 Å². The number of unbranched alkanes of at least 4 members (excludes halogenated alkanes) is 2. The average molecular weight is 176 g/mol. The van der Waals surface area contributed by atoms with Crippen molar-refractivity contribution < 1.29 is 4.39 Å². The van der Waals surface area contributed by atoms with Gasteiger partial charge in [0.05, 0.1) is 0 Å². The molecule has 0 spiro atoms. The molecule has 0 saturated carbocycles. The third kappa shape index (κ3) is 3.75. The van der Waals surface area contributed by atoms with Crippen LogP contribution in [0.25, 0.3) is 0 Å². The standard InChI is InChI=1S/C12H13F/c1-2-3-4-5-6-11-7-9-12(13)10-8-11/h7-10H,2-4H2,1H3. The van der Waals surface area contributed by atoms with Gasteiger partial charge < -0.3 is 0 Å². The second-order valence-electron chi connectivity index (χ2n) is 2.91. The molecule has 1 aromatic rings. The molecular weight excluding hydrogens is 163 g/mol. The second-order valence-corrected chi connectivity index (χ2v) is 2.91. The van der Waals surface area contributed by atoms with Gasteiger partial charge in [0.15, 0.2) is 0 Å². The van der Waals surface area contributed by atoms with Crippen LogP contribution in [0.1, 0.15) is 31.7 Å². The molecule has 0 aromatic heterocycles. The van der Waals surface area contributed by atoms with Crippen molar-refractivity contribution in [3.05, 3.63) is 35.6 Å². The van der Waals surface area contributed by atoms with Gasteiger partial charge in [0, 0.05) is 12.0 Å². The summed E-state index contributed by atoms with van der Waals surface area (Å²) in [5.74, 6) is 5.83. The second kappa shape index (κ2) is 5.37. The fraction of sp³-hybridized carbons (Fsp3) is 0.333. The first-order chi connectivity index (χ1) is 6.33. The van der Waals surface area contributed by atoms with Crippen molar-refractivity contribution in [2.24, 2.45) is 0 Å². The first-order valence-electron chi connectivity index (χ1n) is 4.57. The number of hydrogen-bond donors (Lipinski definition) is 0. The molecule has 1 rings (SSSR count). The molecule has 0 aliphatic rings. The van der Waals surface area contributed by atoms with Gasteiger partial charge in [-0.05, 0) is 30.7 Å². The van der Waals surface area contributed by atoms with Gasteiger partial charge in [-0.25, -0.2) is 4.39 Å². The Balaban J connectivity index is 2.52. The summed E-state index contributed by atoms with van der Waals surface area (Å²) in [7, 11) is 0. The Morgan fingerprint density at radius 3 is 2.54 bits per heavy atom. The molecule has 0 bridgehead atoms. The zero-order chi connectivity index (χ0) is 9.52. The van der Waals surface area contributed by atoms with Crippen molar-refractivity contribution in [3.63, 3.8) is 0 Å². The van der Waals surface area contributed by atoms with Crippen molar-refractivity contribution in [2.75, 3.05) is 0 Å². The molecule has 0 fully saturated rings. The Labute approximate surface area is 78.8 Å². The van der Waals surface area contributed by atoms with Gasteiger partial charge in [0.25, 0.3) is 0 Å². The third-order valence-corrected chi connectivity index (χ3v) is 1.73. The highest BCUT2D eigenvalue weighted by molar-refractivity contribution is 5.33. The minimum atomic E-state index is -0.209. The van der Waals surface area contributed by atoms with E-state index in [1.807, 2.05) is 0 Å². The SMILES string of the molecule is CCCCC#Cc1ccc(F)cc1. The Hall–Kier alpha value is -1.29. The zero-order valence-electron chi connectivity index (χ0n) is 7.81. The number of benzene rings is 1. The number of halogens is 1. The highest BCUT2D eigenvalue weighted by Crippen LogP contribution is 2.01. The fourth-order valence-corrected chi connectivity index (χ4v) is 0.963. The quantitative estimate of drug-likeness (QED) is 0.478. The lowest BCUT2D eigenvalue weighted by Crippen LogP contribution is -1.76. The predicted molar refractivity (Wildman–Crippen MR) is 52.8 cm³/mol. The van der Waals surface area contributed by atoms with Gasteiger partial charge in [-0.3, -0.25) is 0 Å². The van der Waals surface area contributed by atoms with Crippen LogP contribution in [0.2, 0.25) is 0 Å².